The minimum atomic E-state index is -0.235. The van der Waals surface area contributed by atoms with E-state index in [4.69, 9.17) is 0 Å². The molecule has 1 aromatic heterocycles. The highest BCUT2D eigenvalue weighted by Crippen LogP contribution is 2.36. The van der Waals surface area contributed by atoms with Gasteiger partial charge in [-0.3, -0.25) is 4.79 Å². The van der Waals surface area contributed by atoms with Crippen molar-refractivity contribution in [1.29, 1.82) is 0 Å². The molecule has 4 rings (SSSR count). The first-order valence-electron chi connectivity index (χ1n) is 9.97. The normalized spacial score (nSPS) is 24.9. The zero-order valence-corrected chi connectivity index (χ0v) is 16.1. The number of nitrogens with zero attached hydrogens (tertiary/aromatic N) is 3. The van der Waals surface area contributed by atoms with Gasteiger partial charge < -0.3 is 15.5 Å². The van der Waals surface area contributed by atoms with E-state index in [-0.39, 0.29) is 29.7 Å². The van der Waals surface area contributed by atoms with Gasteiger partial charge in [-0.1, -0.05) is 25.0 Å². The van der Waals surface area contributed by atoms with E-state index < -0.39 is 0 Å². The minimum absolute atomic E-state index is 0.0565. The number of likely N-dealkylation sites (tertiary alicyclic amines) is 1. The molecule has 0 unspecified atom stereocenters. The van der Waals surface area contributed by atoms with E-state index in [1.54, 1.807) is 31.6 Å². The van der Waals surface area contributed by atoms with Crippen LogP contribution in [-0.4, -0.2) is 53.0 Å². The Morgan fingerprint density at radius 1 is 1.25 bits per heavy atom. The van der Waals surface area contributed by atoms with Crippen LogP contribution in [0.2, 0.25) is 0 Å². The van der Waals surface area contributed by atoms with Crippen molar-refractivity contribution in [3.63, 3.8) is 0 Å². The molecule has 3 heterocycles. The van der Waals surface area contributed by atoms with Crippen molar-refractivity contribution in [2.75, 3.05) is 25.5 Å². The molecule has 2 aliphatic rings. The predicted octanol–water partition coefficient (Wildman–Crippen LogP) is 2.80. The number of carbonyl (C=O) groups excluding carboxylic acids is 1. The van der Waals surface area contributed by atoms with Crippen LogP contribution in [0.25, 0.3) is 0 Å². The van der Waals surface area contributed by atoms with Gasteiger partial charge in [-0.2, -0.15) is 0 Å². The minimum Gasteiger partial charge on any atom is -0.357 e. The zero-order chi connectivity index (χ0) is 19.5. The van der Waals surface area contributed by atoms with E-state index >= 15 is 0 Å². The molecule has 0 bridgehead atoms. The van der Waals surface area contributed by atoms with Crippen molar-refractivity contribution in [1.82, 2.24) is 20.2 Å². The fraction of sp³-hybridized carbons (Fsp3) is 0.476. The number of fused-ring (bicyclic) bond motifs is 1. The Labute approximate surface area is 164 Å². The van der Waals surface area contributed by atoms with Crippen molar-refractivity contribution in [2.45, 2.75) is 43.7 Å². The smallest absolute Gasteiger partial charge is 0.257 e. The van der Waals surface area contributed by atoms with Gasteiger partial charge in [0.1, 0.15) is 5.82 Å². The van der Waals surface area contributed by atoms with Crippen molar-refractivity contribution in [3.05, 3.63) is 53.6 Å². The molecule has 2 N–H and O–H groups in total. The zero-order valence-electron chi connectivity index (χ0n) is 16.1. The maximum atomic E-state index is 13.9. The topological polar surface area (TPSA) is 70.2 Å². The third kappa shape index (κ3) is 3.71. The molecule has 0 radical (unpaired) electrons. The average Bonchev–Trinajstić information content (AvgIpc) is 3.04. The molecule has 0 saturated carbocycles. The van der Waals surface area contributed by atoms with Gasteiger partial charge in [0.15, 0.2) is 0 Å². The number of amides is 1. The summed E-state index contributed by atoms with van der Waals surface area (Å²) in [5.74, 6) is 0.265. The van der Waals surface area contributed by atoms with Gasteiger partial charge in [0.2, 0.25) is 5.95 Å². The first-order valence-corrected chi connectivity index (χ1v) is 9.97. The highest BCUT2D eigenvalue weighted by Gasteiger charge is 2.44. The fourth-order valence-corrected chi connectivity index (χ4v) is 4.48. The Hall–Kier alpha value is -2.54. The first kappa shape index (κ1) is 18.8. The predicted molar refractivity (Wildman–Crippen MR) is 106 cm³/mol. The largest absolute Gasteiger partial charge is 0.357 e. The molecule has 0 spiro atoms. The Balaban J connectivity index is 1.64. The highest BCUT2D eigenvalue weighted by atomic mass is 19.1. The number of anilines is 1. The molecule has 2 saturated heterocycles. The third-order valence-electron chi connectivity index (χ3n) is 5.86. The van der Waals surface area contributed by atoms with Crippen LogP contribution in [0.5, 0.6) is 0 Å². The van der Waals surface area contributed by atoms with E-state index in [1.807, 2.05) is 11.0 Å². The van der Waals surface area contributed by atoms with Crippen LogP contribution in [-0.2, 0) is 0 Å². The van der Waals surface area contributed by atoms with Crippen LogP contribution in [0.1, 0.15) is 47.5 Å². The molecule has 3 atom stereocenters. The fourth-order valence-electron chi connectivity index (χ4n) is 4.48. The molecule has 7 heteroatoms. The monoisotopic (exact) mass is 383 g/mol. The number of benzene rings is 1. The van der Waals surface area contributed by atoms with Gasteiger partial charge >= 0.3 is 0 Å². The van der Waals surface area contributed by atoms with Gasteiger partial charge in [0.05, 0.1) is 5.56 Å². The summed E-state index contributed by atoms with van der Waals surface area (Å²) in [7, 11) is 1.74. The van der Waals surface area contributed by atoms with E-state index in [1.165, 1.54) is 6.07 Å². The maximum absolute atomic E-state index is 13.9. The van der Waals surface area contributed by atoms with Crippen LogP contribution < -0.4 is 10.6 Å². The lowest BCUT2D eigenvalue weighted by atomic mass is 9.88. The molecule has 0 aliphatic carbocycles. The summed E-state index contributed by atoms with van der Waals surface area (Å²) in [6, 6.07) is 6.99. The standard InChI is InChI=1S/C21H26FN5O/c1-23-21-25-11-15(12-26-21)20(28)27-13-17(14-6-5-7-16(22)10-14)19-18(27)8-3-2-4-9-24-19/h5-7,10-12,17-19,24H,2-4,8-9,13H2,1H3,(H,23,25,26)/t17-,18+,19-/m0/s1. The molecule has 2 aromatic rings. The number of hydrogen-bond donors (Lipinski definition) is 2. The number of rotatable bonds is 3. The second kappa shape index (κ2) is 8.22. The van der Waals surface area contributed by atoms with Crippen molar-refractivity contribution < 1.29 is 9.18 Å². The van der Waals surface area contributed by atoms with E-state index in [0.29, 0.717) is 18.1 Å². The van der Waals surface area contributed by atoms with Gasteiger partial charge in [0, 0.05) is 44.0 Å². The molecule has 2 aliphatic heterocycles. The second-order valence-corrected chi connectivity index (χ2v) is 7.56. The number of hydrogen-bond acceptors (Lipinski definition) is 5. The first-order chi connectivity index (χ1) is 13.7. The number of aromatic nitrogens is 2. The Morgan fingerprint density at radius 3 is 2.82 bits per heavy atom. The summed E-state index contributed by atoms with van der Waals surface area (Å²) < 4.78 is 13.9. The Kier molecular flexibility index (Phi) is 5.52. The summed E-state index contributed by atoms with van der Waals surface area (Å²) in [5.41, 5.74) is 1.43. The second-order valence-electron chi connectivity index (χ2n) is 7.56. The molecular weight excluding hydrogens is 357 g/mol. The van der Waals surface area contributed by atoms with Crippen LogP contribution in [0.4, 0.5) is 10.3 Å². The molecule has 6 nitrogen and oxygen atoms in total. The molecule has 2 fully saturated rings. The van der Waals surface area contributed by atoms with E-state index in [2.05, 4.69) is 20.6 Å². The van der Waals surface area contributed by atoms with Crippen LogP contribution in [0.3, 0.4) is 0 Å². The third-order valence-corrected chi connectivity index (χ3v) is 5.86. The summed E-state index contributed by atoms with van der Waals surface area (Å²) in [5, 5.41) is 6.51. The van der Waals surface area contributed by atoms with Crippen molar-refractivity contribution in [2.24, 2.45) is 0 Å². The Morgan fingerprint density at radius 2 is 2.07 bits per heavy atom. The molecule has 28 heavy (non-hydrogen) atoms. The Bertz CT molecular complexity index is 828. The molecule has 1 aromatic carbocycles. The van der Waals surface area contributed by atoms with Crippen LogP contribution in [0, 0.1) is 5.82 Å². The quantitative estimate of drug-likeness (QED) is 0.853. The van der Waals surface area contributed by atoms with Crippen LogP contribution in [0.15, 0.2) is 36.7 Å². The van der Waals surface area contributed by atoms with Crippen molar-refractivity contribution in [3.8, 4) is 0 Å². The van der Waals surface area contributed by atoms with Gasteiger partial charge in [-0.05, 0) is 37.1 Å². The SMILES string of the molecule is CNc1ncc(C(=O)N2C[C@@H](c3cccc(F)c3)[C@@H]3NCCCCC[C@H]32)cn1. The highest BCUT2D eigenvalue weighted by molar-refractivity contribution is 5.94. The number of nitrogens with one attached hydrogen (secondary N) is 2. The molecule has 148 valence electrons. The molecular formula is C21H26FN5O. The van der Waals surface area contributed by atoms with Gasteiger partial charge in [-0.25, -0.2) is 14.4 Å². The van der Waals surface area contributed by atoms with E-state index in [0.717, 1.165) is 37.8 Å². The molecule has 1 amide bonds. The average molecular weight is 383 g/mol. The van der Waals surface area contributed by atoms with Crippen molar-refractivity contribution >= 4 is 11.9 Å². The lowest BCUT2D eigenvalue weighted by molar-refractivity contribution is 0.0712. The van der Waals surface area contributed by atoms with Gasteiger partial charge in [-0.15, -0.1) is 0 Å². The lowest BCUT2D eigenvalue weighted by Crippen LogP contribution is -2.47. The van der Waals surface area contributed by atoms with Crippen LogP contribution >= 0.6 is 0 Å². The van der Waals surface area contributed by atoms with Gasteiger partial charge in [0.25, 0.3) is 5.91 Å². The van der Waals surface area contributed by atoms with E-state index in [9.17, 15) is 9.18 Å². The maximum Gasteiger partial charge on any atom is 0.257 e. The summed E-state index contributed by atoms with van der Waals surface area (Å²) >= 11 is 0. The number of halogens is 1. The summed E-state index contributed by atoms with van der Waals surface area (Å²) in [4.78, 5) is 23.6. The lowest BCUT2D eigenvalue weighted by Gasteiger charge is -2.31. The summed E-state index contributed by atoms with van der Waals surface area (Å²) in [6.45, 7) is 1.49. The summed E-state index contributed by atoms with van der Waals surface area (Å²) in [6.07, 6.45) is 7.47. The number of carbonyl (C=O) groups is 1.